The van der Waals surface area contributed by atoms with Gasteiger partial charge in [-0.05, 0) is 42.5 Å². The summed E-state index contributed by atoms with van der Waals surface area (Å²) in [6, 6.07) is 16.8. The van der Waals surface area contributed by atoms with E-state index in [9.17, 15) is 0 Å². The number of anilines is 1. The fourth-order valence-electron chi connectivity index (χ4n) is 3.21. The molecule has 5 rings (SSSR count). The first-order valence-corrected chi connectivity index (χ1v) is 9.22. The van der Waals surface area contributed by atoms with Crippen LogP contribution in [0.1, 0.15) is 0 Å². The standard InChI is InChI=1S/C20H15ClN8/c1-28-15-5-3-2-4-14(15)24-19(28)16-10-11-23-20-17(18(22)27-29(16)20)26-25-13-8-6-12(21)7-9-13/h2-11H,1H3,(H2,22,27). The molecular weight excluding hydrogens is 388 g/mol. The van der Waals surface area contributed by atoms with Gasteiger partial charge in [-0.3, -0.25) is 0 Å². The summed E-state index contributed by atoms with van der Waals surface area (Å²) in [5.41, 5.74) is 10.4. The lowest BCUT2D eigenvalue weighted by atomic mass is 10.3. The van der Waals surface area contributed by atoms with Crippen LogP contribution in [0.2, 0.25) is 5.02 Å². The van der Waals surface area contributed by atoms with E-state index in [0.717, 1.165) is 22.6 Å². The van der Waals surface area contributed by atoms with E-state index in [4.69, 9.17) is 22.3 Å². The first-order valence-electron chi connectivity index (χ1n) is 8.84. The predicted molar refractivity (Wildman–Crippen MR) is 113 cm³/mol. The largest absolute Gasteiger partial charge is 0.380 e. The molecule has 0 atom stereocenters. The summed E-state index contributed by atoms with van der Waals surface area (Å²) in [7, 11) is 1.96. The van der Waals surface area contributed by atoms with Gasteiger partial charge in [0.15, 0.2) is 23.0 Å². The van der Waals surface area contributed by atoms with Crippen LogP contribution in [0.15, 0.2) is 71.0 Å². The lowest BCUT2D eigenvalue weighted by Gasteiger charge is -2.04. The zero-order valence-electron chi connectivity index (χ0n) is 15.4. The van der Waals surface area contributed by atoms with E-state index in [-0.39, 0.29) is 5.82 Å². The fraction of sp³-hybridized carbons (Fsp3) is 0.0500. The third kappa shape index (κ3) is 2.90. The Balaban J connectivity index is 1.65. The summed E-state index contributed by atoms with van der Waals surface area (Å²) in [5, 5.41) is 13.6. The molecule has 0 unspecified atom stereocenters. The third-order valence-electron chi connectivity index (χ3n) is 4.63. The first-order chi connectivity index (χ1) is 14.1. The van der Waals surface area contributed by atoms with Gasteiger partial charge in [-0.2, -0.15) is 5.11 Å². The molecule has 5 aromatic rings. The molecule has 142 valence electrons. The molecule has 2 N–H and O–H groups in total. The van der Waals surface area contributed by atoms with Gasteiger partial charge in [0.1, 0.15) is 5.69 Å². The summed E-state index contributed by atoms with van der Waals surface area (Å²) in [5.74, 6) is 0.990. The lowest BCUT2D eigenvalue weighted by molar-refractivity contribution is 0.898. The molecule has 3 heterocycles. The van der Waals surface area contributed by atoms with Crippen LogP contribution in [-0.2, 0) is 7.05 Å². The number of rotatable bonds is 3. The minimum absolute atomic E-state index is 0.237. The maximum absolute atomic E-state index is 6.13. The molecule has 0 saturated heterocycles. The van der Waals surface area contributed by atoms with Gasteiger partial charge in [0.05, 0.1) is 16.7 Å². The quantitative estimate of drug-likeness (QED) is 0.432. The van der Waals surface area contributed by atoms with Gasteiger partial charge in [0.2, 0.25) is 0 Å². The Morgan fingerprint density at radius 1 is 1.00 bits per heavy atom. The zero-order chi connectivity index (χ0) is 20.0. The minimum Gasteiger partial charge on any atom is -0.380 e. The summed E-state index contributed by atoms with van der Waals surface area (Å²) in [4.78, 5) is 9.15. The van der Waals surface area contributed by atoms with Crippen molar-refractivity contribution >= 4 is 45.5 Å². The van der Waals surface area contributed by atoms with Crippen molar-refractivity contribution in [3.05, 3.63) is 65.8 Å². The van der Waals surface area contributed by atoms with Crippen molar-refractivity contribution < 1.29 is 0 Å². The molecule has 9 heteroatoms. The van der Waals surface area contributed by atoms with Crippen molar-refractivity contribution in [2.24, 2.45) is 17.3 Å². The molecule has 2 aromatic carbocycles. The van der Waals surface area contributed by atoms with Gasteiger partial charge in [-0.25, -0.2) is 14.5 Å². The van der Waals surface area contributed by atoms with E-state index < -0.39 is 0 Å². The van der Waals surface area contributed by atoms with Crippen LogP contribution in [0.25, 0.3) is 28.2 Å². The van der Waals surface area contributed by atoms with Gasteiger partial charge in [0.25, 0.3) is 0 Å². The second-order valence-electron chi connectivity index (χ2n) is 6.46. The Labute approximate surface area is 170 Å². The number of aryl methyl sites for hydroxylation is 1. The molecule has 0 amide bonds. The average Bonchev–Trinajstić information content (AvgIpc) is 3.24. The molecule has 0 saturated carbocycles. The van der Waals surface area contributed by atoms with Gasteiger partial charge in [-0.1, -0.05) is 23.7 Å². The Hall–Kier alpha value is -3.78. The van der Waals surface area contributed by atoms with Crippen molar-refractivity contribution in [1.82, 2.24) is 24.1 Å². The lowest BCUT2D eigenvalue weighted by Crippen LogP contribution is -2.01. The SMILES string of the molecule is Cn1c(-c2ccnc3c(N=Nc4ccc(Cl)cc4)c(N)nn23)nc2ccccc21. The van der Waals surface area contributed by atoms with E-state index in [1.807, 2.05) is 41.9 Å². The second-order valence-corrected chi connectivity index (χ2v) is 6.90. The molecule has 0 aliphatic rings. The number of nitrogens with zero attached hydrogens (tertiary/aromatic N) is 7. The van der Waals surface area contributed by atoms with Crippen molar-refractivity contribution in [1.29, 1.82) is 0 Å². The van der Waals surface area contributed by atoms with Crippen molar-refractivity contribution in [3.8, 4) is 11.5 Å². The molecule has 0 radical (unpaired) electrons. The molecule has 0 aliphatic carbocycles. The van der Waals surface area contributed by atoms with Crippen molar-refractivity contribution in [3.63, 3.8) is 0 Å². The fourth-order valence-corrected chi connectivity index (χ4v) is 3.33. The average molecular weight is 403 g/mol. The topological polar surface area (TPSA) is 98.8 Å². The minimum atomic E-state index is 0.237. The van der Waals surface area contributed by atoms with E-state index in [1.165, 1.54) is 0 Å². The number of fused-ring (bicyclic) bond motifs is 2. The van der Waals surface area contributed by atoms with E-state index in [2.05, 4.69) is 20.3 Å². The molecule has 0 fully saturated rings. The number of imidazole rings is 1. The molecule has 0 bridgehead atoms. The maximum Gasteiger partial charge on any atom is 0.186 e. The number of nitrogens with two attached hydrogens (primary N) is 1. The highest BCUT2D eigenvalue weighted by atomic mass is 35.5. The molecule has 29 heavy (non-hydrogen) atoms. The molecule has 8 nitrogen and oxygen atoms in total. The molecule has 3 aromatic heterocycles. The van der Waals surface area contributed by atoms with Crippen molar-refractivity contribution in [2.75, 3.05) is 5.73 Å². The van der Waals surface area contributed by atoms with Gasteiger partial charge in [-0.15, -0.1) is 10.2 Å². The number of nitrogen functional groups attached to an aromatic ring is 1. The number of hydrogen-bond donors (Lipinski definition) is 1. The summed E-state index contributed by atoms with van der Waals surface area (Å²) >= 11 is 5.91. The Bertz CT molecular complexity index is 1380. The van der Waals surface area contributed by atoms with Crippen LogP contribution >= 0.6 is 11.6 Å². The smallest absolute Gasteiger partial charge is 0.186 e. The van der Waals surface area contributed by atoms with Crippen LogP contribution in [0, 0.1) is 0 Å². The van der Waals surface area contributed by atoms with Crippen LogP contribution in [0.4, 0.5) is 17.2 Å². The number of hydrogen-bond acceptors (Lipinski definition) is 6. The molecular formula is C20H15ClN8. The number of halogens is 1. The third-order valence-corrected chi connectivity index (χ3v) is 4.88. The molecule has 0 aliphatic heterocycles. The highest BCUT2D eigenvalue weighted by molar-refractivity contribution is 6.30. The number of azo groups is 1. The first kappa shape index (κ1) is 17.3. The van der Waals surface area contributed by atoms with E-state index in [0.29, 0.717) is 22.0 Å². The number of aromatic nitrogens is 5. The van der Waals surface area contributed by atoms with Crippen LogP contribution in [-0.4, -0.2) is 24.1 Å². The highest BCUT2D eigenvalue weighted by Gasteiger charge is 2.18. The number of benzene rings is 2. The second kappa shape index (κ2) is 6.68. The van der Waals surface area contributed by atoms with Crippen molar-refractivity contribution in [2.45, 2.75) is 0 Å². The summed E-state index contributed by atoms with van der Waals surface area (Å²) in [6.45, 7) is 0. The highest BCUT2D eigenvalue weighted by Crippen LogP contribution is 2.31. The number of para-hydroxylation sites is 2. The van der Waals surface area contributed by atoms with Gasteiger partial charge in [0, 0.05) is 18.3 Å². The van der Waals surface area contributed by atoms with Gasteiger partial charge < -0.3 is 10.3 Å². The summed E-state index contributed by atoms with van der Waals surface area (Å²) in [6.07, 6.45) is 1.69. The summed E-state index contributed by atoms with van der Waals surface area (Å²) < 4.78 is 3.66. The molecule has 0 spiro atoms. The normalized spacial score (nSPS) is 11.8. The van der Waals surface area contributed by atoms with Crippen LogP contribution in [0.3, 0.4) is 0 Å². The van der Waals surface area contributed by atoms with E-state index >= 15 is 0 Å². The Morgan fingerprint density at radius 3 is 2.59 bits per heavy atom. The Kier molecular flexibility index (Phi) is 3.99. The monoisotopic (exact) mass is 402 g/mol. The Morgan fingerprint density at radius 2 is 1.79 bits per heavy atom. The zero-order valence-corrected chi connectivity index (χ0v) is 16.1. The predicted octanol–water partition coefficient (Wildman–Crippen LogP) is 4.93. The maximum atomic E-state index is 6.13. The van der Waals surface area contributed by atoms with Crippen LogP contribution < -0.4 is 5.73 Å². The van der Waals surface area contributed by atoms with Gasteiger partial charge >= 0.3 is 0 Å². The van der Waals surface area contributed by atoms with E-state index in [1.54, 1.807) is 35.0 Å². The van der Waals surface area contributed by atoms with Crippen LogP contribution in [0.5, 0.6) is 0 Å².